The molecule has 0 bridgehead atoms. The van der Waals surface area contributed by atoms with Crippen molar-refractivity contribution in [2.75, 3.05) is 4.72 Å². The second kappa shape index (κ2) is 13.7. The molecule has 248 valence electrons. The highest BCUT2D eigenvalue weighted by molar-refractivity contribution is 7.92. The van der Waals surface area contributed by atoms with Crippen LogP contribution < -0.4 is 4.72 Å². The summed E-state index contributed by atoms with van der Waals surface area (Å²) in [6, 6.07) is 40.3. The molecular weight excluding hydrogens is 654 g/mol. The summed E-state index contributed by atoms with van der Waals surface area (Å²) in [4.78, 5) is 9.31. The van der Waals surface area contributed by atoms with Crippen LogP contribution in [0.5, 0.6) is 0 Å². The van der Waals surface area contributed by atoms with Gasteiger partial charge in [-0.2, -0.15) is 0 Å². The van der Waals surface area contributed by atoms with Gasteiger partial charge in [-0.1, -0.05) is 141 Å². The Morgan fingerprint density at radius 2 is 1.31 bits per heavy atom. The predicted octanol–water partition coefficient (Wildman–Crippen LogP) is 8.29. The number of pyridine rings is 1. The molecule has 2 aromatic heterocycles. The van der Waals surface area contributed by atoms with Gasteiger partial charge in [-0.3, -0.25) is 4.72 Å². The van der Waals surface area contributed by atoms with E-state index in [1.807, 2.05) is 65.4 Å². The molecular formula is C39H36ClN5O3S. The molecule has 0 saturated carbocycles. The lowest BCUT2D eigenvalue weighted by molar-refractivity contribution is 0.318. The van der Waals surface area contributed by atoms with E-state index in [0.29, 0.717) is 11.4 Å². The summed E-state index contributed by atoms with van der Waals surface area (Å²) >= 11 is 6.55. The van der Waals surface area contributed by atoms with Crippen molar-refractivity contribution in [2.45, 2.75) is 43.0 Å². The Balaban J connectivity index is 1.34. The third kappa shape index (κ3) is 6.86. The standard InChI is InChI=1S/C39H36ClN5O3S/c1-38(2,3)28-19-21-32(22-20-28)49(47,48)44-37-24-23-33(40)34(42-37)25-35(43-46)36-26-45(27-41-36)39(29-13-7-4-8-14-29,30-15-9-5-10-16-30)31-17-11-6-12-18-31/h4-24,26-27,46H,25H2,1-3H3,(H,42,44)/b43-35-. The van der Waals surface area contributed by atoms with Crippen molar-refractivity contribution in [3.8, 4) is 0 Å². The number of hydrogen-bond donors (Lipinski definition) is 2. The van der Waals surface area contributed by atoms with Gasteiger partial charge in [0.2, 0.25) is 0 Å². The fourth-order valence-electron chi connectivity index (χ4n) is 5.97. The molecule has 8 nitrogen and oxygen atoms in total. The highest BCUT2D eigenvalue weighted by Gasteiger charge is 2.38. The number of anilines is 1. The van der Waals surface area contributed by atoms with Crippen LogP contribution in [0.25, 0.3) is 0 Å². The van der Waals surface area contributed by atoms with E-state index in [0.717, 1.165) is 22.3 Å². The van der Waals surface area contributed by atoms with Gasteiger partial charge in [0.15, 0.2) is 0 Å². The minimum atomic E-state index is -3.93. The first kappa shape index (κ1) is 33.6. The smallest absolute Gasteiger partial charge is 0.263 e. The fraction of sp³-hybridized carbons (Fsp3) is 0.154. The van der Waals surface area contributed by atoms with Gasteiger partial charge in [0.1, 0.15) is 22.8 Å². The summed E-state index contributed by atoms with van der Waals surface area (Å²) in [7, 11) is -3.93. The van der Waals surface area contributed by atoms with E-state index < -0.39 is 15.6 Å². The van der Waals surface area contributed by atoms with Gasteiger partial charge in [-0.25, -0.2) is 18.4 Å². The van der Waals surface area contributed by atoms with E-state index in [1.54, 1.807) is 36.7 Å². The summed E-state index contributed by atoms with van der Waals surface area (Å²) in [5.74, 6) is 0.0818. The number of imidazole rings is 1. The Morgan fingerprint density at radius 1 is 0.776 bits per heavy atom. The van der Waals surface area contributed by atoms with Crippen LogP contribution in [0.2, 0.25) is 5.02 Å². The SMILES string of the molecule is CC(C)(C)c1ccc(S(=O)(=O)Nc2ccc(Cl)c(C/C(=N/O)c3cn(C(c4ccccc4)(c4ccccc4)c4ccccc4)cn3)n2)cc1. The van der Waals surface area contributed by atoms with Crippen molar-refractivity contribution in [1.82, 2.24) is 14.5 Å². The van der Waals surface area contributed by atoms with E-state index in [9.17, 15) is 13.6 Å². The van der Waals surface area contributed by atoms with Gasteiger partial charge in [-0.15, -0.1) is 0 Å². The highest BCUT2D eigenvalue weighted by atomic mass is 35.5. The fourth-order valence-corrected chi connectivity index (χ4v) is 7.15. The molecule has 2 heterocycles. The molecule has 0 fully saturated rings. The largest absolute Gasteiger partial charge is 0.411 e. The number of nitrogens with zero attached hydrogens (tertiary/aromatic N) is 4. The summed E-state index contributed by atoms with van der Waals surface area (Å²) in [6.45, 7) is 6.19. The molecule has 0 aliphatic carbocycles. The van der Waals surface area contributed by atoms with E-state index in [2.05, 4.69) is 72.0 Å². The molecule has 0 amide bonds. The van der Waals surface area contributed by atoms with E-state index in [4.69, 9.17) is 16.6 Å². The second-order valence-corrected chi connectivity index (χ2v) is 14.8. The van der Waals surface area contributed by atoms with Crippen molar-refractivity contribution >= 4 is 33.2 Å². The molecule has 0 radical (unpaired) electrons. The van der Waals surface area contributed by atoms with Gasteiger partial charge in [0, 0.05) is 12.6 Å². The maximum absolute atomic E-state index is 13.2. The molecule has 0 aliphatic rings. The van der Waals surface area contributed by atoms with Crippen LogP contribution in [0, 0.1) is 0 Å². The zero-order valence-electron chi connectivity index (χ0n) is 27.3. The minimum absolute atomic E-state index is 0.0167. The summed E-state index contributed by atoms with van der Waals surface area (Å²) < 4.78 is 31.1. The first-order chi connectivity index (χ1) is 23.5. The molecule has 0 atom stereocenters. The number of oxime groups is 1. The van der Waals surface area contributed by atoms with Crippen molar-refractivity contribution in [1.29, 1.82) is 0 Å². The Labute approximate surface area is 291 Å². The predicted molar refractivity (Wildman–Crippen MR) is 194 cm³/mol. The van der Waals surface area contributed by atoms with Crippen LogP contribution in [0.3, 0.4) is 0 Å². The minimum Gasteiger partial charge on any atom is -0.411 e. The second-order valence-electron chi connectivity index (χ2n) is 12.7. The third-order valence-corrected chi connectivity index (χ3v) is 10.2. The zero-order valence-corrected chi connectivity index (χ0v) is 28.9. The quantitative estimate of drug-likeness (QED) is 0.0651. The Hall–Kier alpha value is -5.25. The number of rotatable bonds is 10. The first-order valence-corrected chi connectivity index (χ1v) is 17.6. The highest BCUT2D eigenvalue weighted by Crippen LogP contribution is 2.41. The maximum atomic E-state index is 13.2. The van der Waals surface area contributed by atoms with Crippen LogP contribution in [0.4, 0.5) is 5.82 Å². The average Bonchev–Trinajstić information content (AvgIpc) is 3.60. The van der Waals surface area contributed by atoms with E-state index >= 15 is 0 Å². The van der Waals surface area contributed by atoms with Gasteiger partial charge < -0.3 is 9.77 Å². The lowest BCUT2D eigenvalue weighted by atomic mass is 9.77. The van der Waals surface area contributed by atoms with Crippen LogP contribution in [0.1, 0.15) is 54.4 Å². The van der Waals surface area contributed by atoms with E-state index in [-0.39, 0.29) is 33.3 Å². The summed E-state index contributed by atoms with van der Waals surface area (Å²) in [5, 5.41) is 14.1. The van der Waals surface area contributed by atoms with Crippen molar-refractivity contribution in [3.63, 3.8) is 0 Å². The van der Waals surface area contributed by atoms with Gasteiger partial charge >= 0.3 is 0 Å². The molecule has 6 rings (SSSR count). The van der Waals surface area contributed by atoms with Crippen LogP contribution >= 0.6 is 11.6 Å². The van der Waals surface area contributed by atoms with Crippen molar-refractivity contribution in [2.24, 2.45) is 5.16 Å². The molecule has 2 N–H and O–H groups in total. The molecule has 0 saturated heterocycles. The molecule has 49 heavy (non-hydrogen) atoms. The number of halogens is 1. The zero-order chi connectivity index (χ0) is 34.6. The Kier molecular flexibility index (Phi) is 9.41. The summed E-state index contributed by atoms with van der Waals surface area (Å²) in [6.07, 6.45) is 3.54. The lowest BCUT2D eigenvalue weighted by Crippen LogP contribution is -2.37. The molecule has 0 aliphatic heterocycles. The van der Waals surface area contributed by atoms with Crippen LogP contribution in [-0.4, -0.2) is 33.9 Å². The monoisotopic (exact) mass is 689 g/mol. The normalized spacial score (nSPS) is 12.5. The number of sulfonamides is 1. The Bertz CT molecular complexity index is 2080. The van der Waals surface area contributed by atoms with Crippen molar-refractivity contribution in [3.05, 3.63) is 179 Å². The first-order valence-electron chi connectivity index (χ1n) is 15.7. The van der Waals surface area contributed by atoms with Crippen molar-refractivity contribution < 1.29 is 13.6 Å². The molecule has 0 spiro atoms. The number of benzene rings is 4. The van der Waals surface area contributed by atoms with Crippen LogP contribution in [0.15, 0.2) is 150 Å². The molecule has 6 aromatic rings. The Morgan fingerprint density at radius 3 is 1.80 bits per heavy atom. The van der Waals surface area contributed by atoms with E-state index in [1.165, 1.54) is 6.07 Å². The van der Waals surface area contributed by atoms with Gasteiger partial charge in [0.25, 0.3) is 10.0 Å². The lowest BCUT2D eigenvalue weighted by Gasteiger charge is -2.37. The van der Waals surface area contributed by atoms with Crippen LogP contribution in [-0.2, 0) is 27.4 Å². The number of aromatic nitrogens is 3. The molecule has 0 unspecified atom stereocenters. The van der Waals surface area contributed by atoms with Gasteiger partial charge in [-0.05, 0) is 51.9 Å². The maximum Gasteiger partial charge on any atom is 0.263 e. The van der Waals surface area contributed by atoms with Gasteiger partial charge in [0.05, 0.1) is 21.9 Å². The summed E-state index contributed by atoms with van der Waals surface area (Å²) in [5.41, 5.74) is 4.04. The topological polar surface area (TPSA) is 109 Å². The number of hydrogen-bond acceptors (Lipinski definition) is 6. The number of nitrogens with one attached hydrogen (secondary N) is 1. The average molecular weight is 690 g/mol. The third-order valence-electron chi connectivity index (χ3n) is 8.48. The molecule has 4 aromatic carbocycles. The molecule has 10 heteroatoms.